The Morgan fingerprint density at radius 3 is 2.50 bits per heavy atom. The van der Waals surface area contributed by atoms with Crippen LogP contribution in [0.25, 0.3) is 0 Å². The number of aliphatic carboxylic acids is 1. The van der Waals surface area contributed by atoms with Gasteiger partial charge in [-0.2, -0.15) is 0 Å². The number of Topliss-reactive ketones (excluding diaryl/α,β-unsaturated/α-hetero) is 1. The van der Waals surface area contributed by atoms with Crippen LogP contribution in [0.4, 0.5) is 0 Å². The van der Waals surface area contributed by atoms with Crippen LogP contribution in [0.2, 0.25) is 0 Å². The second kappa shape index (κ2) is 6.31. The van der Waals surface area contributed by atoms with Crippen LogP contribution in [0, 0.1) is 0 Å². The zero-order chi connectivity index (χ0) is 13.9. The summed E-state index contributed by atoms with van der Waals surface area (Å²) in [5, 5.41) is 17.9. The number of carboxylic acids is 1. The highest BCUT2D eigenvalue weighted by atomic mass is 79.9. The first kappa shape index (κ1) is 15.1. The van der Waals surface area contributed by atoms with Crippen molar-refractivity contribution in [2.75, 3.05) is 0 Å². The van der Waals surface area contributed by atoms with E-state index in [0.29, 0.717) is 16.5 Å². The number of hydrogen-bond donors (Lipinski definition) is 2. The number of ketones is 1. The number of rotatable bonds is 5. The van der Waals surface area contributed by atoms with E-state index < -0.39 is 17.5 Å². The number of aliphatic hydroxyl groups excluding tert-OH is 1. The normalized spacial score (nSPS) is 14.0. The van der Waals surface area contributed by atoms with Gasteiger partial charge in [0, 0.05) is 10.9 Å². The molecule has 98 valence electrons. The van der Waals surface area contributed by atoms with Crippen LogP contribution < -0.4 is 0 Å². The molecule has 0 radical (unpaired) electrons. The van der Waals surface area contributed by atoms with Crippen molar-refractivity contribution >= 4 is 39.3 Å². The first-order valence-electron chi connectivity index (χ1n) is 5.16. The highest BCUT2D eigenvalue weighted by Gasteiger charge is 2.20. The second-order valence-corrected chi connectivity index (χ2v) is 4.99. The van der Waals surface area contributed by atoms with Gasteiger partial charge in [0.1, 0.15) is 0 Å². The van der Waals surface area contributed by atoms with Crippen LogP contribution in [0.15, 0.2) is 18.2 Å². The lowest BCUT2D eigenvalue weighted by Gasteiger charge is -2.12. The SMILES string of the molecule is CC(Cl)C(=O)c1ccc(C(O)C(=O)O)cc1CBr. The molecule has 4 nitrogen and oxygen atoms in total. The van der Waals surface area contributed by atoms with Crippen molar-refractivity contribution < 1.29 is 19.8 Å². The average Bonchev–Trinajstić information content (AvgIpc) is 2.35. The summed E-state index contributed by atoms with van der Waals surface area (Å²) in [5.41, 5.74) is 1.26. The Balaban J connectivity index is 3.19. The van der Waals surface area contributed by atoms with E-state index in [9.17, 15) is 14.7 Å². The molecule has 0 aliphatic rings. The minimum atomic E-state index is -1.60. The van der Waals surface area contributed by atoms with Gasteiger partial charge in [-0.05, 0) is 18.1 Å². The molecule has 0 aromatic heterocycles. The Kier molecular flexibility index (Phi) is 5.31. The number of halogens is 2. The van der Waals surface area contributed by atoms with Gasteiger partial charge in [0.15, 0.2) is 11.9 Å². The standard InChI is InChI=1S/C12H12BrClO4/c1-6(14)10(15)9-3-2-7(4-8(9)5-13)11(16)12(17)18/h2-4,6,11,16H,5H2,1H3,(H,17,18). The van der Waals surface area contributed by atoms with Crippen LogP contribution in [-0.4, -0.2) is 27.3 Å². The molecule has 0 fully saturated rings. The molecule has 2 atom stereocenters. The fourth-order valence-corrected chi connectivity index (χ4v) is 2.07. The lowest BCUT2D eigenvalue weighted by molar-refractivity contribution is -0.146. The number of carboxylic acid groups (broad SMARTS) is 1. The van der Waals surface area contributed by atoms with Crippen LogP contribution in [0.3, 0.4) is 0 Å². The van der Waals surface area contributed by atoms with Crippen LogP contribution in [0.5, 0.6) is 0 Å². The summed E-state index contributed by atoms with van der Waals surface area (Å²) in [4.78, 5) is 22.5. The first-order valence-corrected chi connectivity index (χ1v) is 6.72. The van der Waals surface area contributed by atoms with Crippen molar-refractivity contribution in [1.82, 2.24) is 0 Å². The highest BCUT2D eigenvalue weighted by molar-refractivity contribution is 9.08. The number of aliphatic hydroxyl groups is 1. The number of carbonyl (C=O) groups is 2. The van der Waals surface area contributed by atoms with Crippen LogP contribution >= 0.6 is 27.5 Å². The number of alkyl halides is 2. The molecule has 6 heteroatoms. The van der Waals surface area contributed by atoms with Gasteiger partial charge >= 0.3 is 5.97 Å². The lowest BCUT2D eigenvalue weighted by atomic mass is 9.98. The fourth-order valence-electron chi connectivity index (χ4n) is 1.49. The van der Waals surface area contributed by atoms with Gasteiger partial charge in [0.25, 0.3) is 0 Å². The molecule has 1 rings (SSSR count). The van der Waals surface area contributed by atoms with E-state index in [-0.39, 0.29) is 11.3 Å². The molecule has 2 unspecified atom stereocenters. The monoisotopic (exact) mass is 334 g/mol. The minimum Gasteiger partial charge on any atom is -0.479 e. The van der Waals surface area contributed by atoms with Crippen molar-refractivity contribution in [1.29, 1.82) is 0 Å². The van der Waals surface area contributed by atoms with E-state index in [1.807, 2.05) is 0 Å². The second-order valence-electron chi connectivity index (χ2n) is 3.77. The molecule has 0 amide bonds. The van der Waals surface area contributed by atoms with Gasteiger partial charge in [-0.1, -0.05) is 34.1 Å². The Labute approximate surface area is 118 Å². The summed E-state index contributed by atoms with van der Waals surface area (Å²) in [6.45, 7) is 1.57. The molecule has 2 N–H and O–H groups in total. The maximum Gasteiger partial charge on any atom is 0.337 e. The quantitative estimate of drug-likeness (QED) is 0.640. The molecule has 0 saturated heterocycles. The Morgan fingerprint density at radius 2 is 2.06 bits per heavy atom. The molecule has 18 heavy (non-hydrogen) atoms. The summed E-state index contributed by atoms with van der Waals surface area (Å²) >= 11 is 8.96. The molecule has 0 spiro atoms. The topological polar surface area (TPSA) is 74.6 Å². The van der Waals surface area contributed by atoms with Gasteiger partial charge in [0.2, 0.25) is 0 Å². The van der Waals surface area contributed by atoms with Gasteiger partial charge in [0.05, 0.1) is 5.38 Å². The predicted molar refractivity (Wildman–Crippen MR) is 71.3 cm³/mol. The third kappa shape index (κ3) is 3.31. The van der Waals surface area contributed by atoms with Gasteiger partial charge in [-0.15, -0.1) is 11.6 Å². The van der Waals surface area contributed by atoms with Gasteiger partial charge < -0.3 is 10.2 Å². The van der Waals surface area contributed by atoms with Crippen molar-refractivity contribution in [3.05, 3.63) is 34.9 Å². The van der Waals surface area contributed by atoms with E-state index in [4.69, 9.17) is 16.7 Å². The summed E-state index contributed by atoms with van der Waals surface area (Å²) in [6.07, 6.45) is -1.60. The fraction of sp³-hybridized carbons (Fsp3) is 0.333. The molecule has 0 bridgehead atoms. The molecule has 1 aromatic carbocycles. The minimum absolute atomic E-state index is 0.232. The molecule has 0 aliphatic carbocycles. The van der Waals surface area contributed by atoms with E-state index in [0.717, 1.165) is 0 Å². The highest BCUT2D eigenvalue weighted by Crippen LogP contribution is 2.22. The summed E-state index contributed by atoms with van der Waals surface area (Å²) in [6, 6.07) is 4.39. The average molecular weight is 336 g/mol. The zero-order valence-corrected chi connectivity index (χ0v) is 11.9. The smallest absolute Gasteiger partial charge is 0.337 e. The van der Waals surface area contributed by atoms with E-state index in [2.05, 4.69) is 15.9 Å². The van der Waals surface area contributed by atoms with E-state index >= 15 is 0 Å². The Bertz CT molecular complexity index is 473. The van der Waals surface area contributed by atoms with Gasteiger partial charge in [-0.25, -0.2) is 4.79 Å². The molecular weight excluding hydrogens is 323 g/mol. The molecule has 0 aliphatic heterocycles. The van der Waals surface area contributed by atoms with Crippen molar-refractivity contribution in [3.8, 4) is 0 Å². The maximum atomic E-state index is 11.8. The first-order chi connectivity index (χ1) is 8.38. The van der Waals surface area contributed by atoms with Crippen LogP contribution in [-0.2, 0) is 10.1 Å². The molecule has 0 heterocycles. The maximum absolute atomic E-state index is 11.8. The molecule has 1 aromatic rings. The third-order valence-electron chi connectivity index (χ3n) is 2.45. The Morgan fingerprint density at radius 1 is 1.44 bits per heavy atom. The number of carbonyl (C=O) groups excluding carboxylic acids is 1. The van der Waals surface area contributed by atoms with Crippen LogP contribution in [0.1, 0.15) is 34.5 Å². The van der Waals surface area contributed by atoms with Gasteiger partial charge in [-0.3, -0.25) is 4.79 Å². The predicted octanol–water partition coefficient (Wildman–Crippen LogP) is 2.51. The van der Waals surface area contributed by atoms with E-state index in [1.165, 1.54) is 18.2 Å². The van der Waals surface area contributed by atoms with Crippen molar-refractivity contribution in [3.63, 3.8) is 0 Å². The largest absolute Gasteiger partial charge is 0.479 e. The third-order valence-corrected chi connectivity index (χ3v) is 3.25. The zero-order valence-electron chi connectivity index (χ0n) is 9.56. The lowest BCUT2D eigenvalue weighted by Crippen LogP contribution is -2.15. The molecular formula is C12H12BrClO4. The van der Waals surface area contributed by atoms with Crippen molar-refractivity contribution in [2.24, 2.45) is 0 Å². The Hall–Kier alpha value is -0.910. The van der Waals surface area contributed by atoms with Crippen molar-refractivity contribution in [2.45, 2.75) is 23.7 Å². The summed E-state index contributed by atoms with van der Waals surface area (Å²) < 4.78 is 0. The van der Waals surface area contributed by atoms with E-state index in [1.54, 1.807) is 6.92 Å². The number of benzene rings is 1. The number of hydrogen-bond acceptors (Lipinski definition) is 3. The molecule has 0 saturated carbocycles. The summed E-state index contributed by atoms with van der Waals surface area (Å²) in [7, 11) is 0. The summed E-state index contributed by atoms with van der Waals surface area (Å²) in [5.74, 6) is -1.57.